The number of hydrogen-bond acceptors (Lipinski definition) is 3. The predicted molar refractivity (Wildman–Crippen MR) is 97.7 cm³/mol. The lowest BCUT2D eigenvalue weighted by atomic mass is 10.1. The lowest BCUT2D eigenvalue weighted by Crippen LogP contribution is -2.26. The Labute approximate surface area is 148 Å². The first-order valence-electron chi connectivity index (χ1n) is 8.02. The molecular weight excluding hydrogens is 332 g/mol. The molecule has 128 valence electrons. The fourth-order valence-electron chi connectivity index (χ4n) is 3.15. The Morgan fingerprint density at radius 3 is 2.42 bits per heavy atom. The van der Waals surface area contributed by atoms with Gasteiger partial charge in [-0.3, -0.25) is 14.5 Å². The summed E-state index contributed by atoms with van der Waals surface area (Å²) >= 11 is 0. The van der Waals surface area contributed by atoms with Crippen molar-refractivity contribution in [2.45, 2.75) is 6.42 Å². The summed E-state index contributed by atoms with van der Waals surface area (Å²) in [6.07, 6.45) is -0.288. The number of carboxylic acid groups (broad SMARTS) is 1. The highest BCUT2D eigenvalue weighted by atomic mass is 16.4. The maximum atomic E-state index is 12.7. The standard InChI is InChI=1S/C20H14N2O4/c23-17-11-18(24)22(14-8-5-13(6-9-14)20(25)26)16-10-7-12-3-1-2-4-15(12)19(16)21-17/h1-10H,11H2,(H,21,23)(H,25,26). The summed E-state index contributed by atoms with van der Waals surface area (Å²) in [5, 5.41) is 13.7. The Morgan fingerprint density at radius 2 is 1.69 bits per heavy atom. The number of carbonyl (C=O) groups excluding carboxylic acids is 2. The van der Waals surface area contributed by atoms with Gasteiger partial charge in [-0.15, -0.1) is 0 Å². The van der Waals surface area contributed by atoms with Crippen LogP contribution >= 0.6 is 0 Å². The molecule has 0 saturated carbocycles. The first-order chi connectivity index (χ1) is 12.5. The van der Waals surface area contributed by atoms with E-state index in [4.69, 9.17) is 5.11 Å². The third kappa shape index (κ3) is 2.57. The summed E-state index contributed by atoms with van der Waals surface area (Å²) in [6, 6.07) is 17.3. The molecule has 6 nitrogen and oxygen atoms in total. The molecule has 3 aromatic carbocycles. The van der Waals surface area contributed by atoms with Gasteiger partial charge in [-0.2, -0.15) is 0 Å². The molecule has 0 aliphatic carbocycles. The van der Waals surface area contributed by atoms with E-state index in [0.717, 1.165) is 10.8 Å². The molecule has 0 spiro atoms. The molecule has 0 radical (unpaired) electrons. The van der Waals surface area contributed by atoms with Gasteiger partial charge in [0.15, 0.2) is 0 Å². The molecule has 6 heteroatoms. The smallest absolute Gasteiger partial charge is 0.335 e. The van der Waals surface area contributed by atoms with E-state index in [-0.39, 0.29) is 23.8 Å². The number of benzene rings is 3. The number of aromatic carboxylic acids is 1. The second kappa shape index (κ2) is 6.00. The Kier molecular flexibility index (Phi) is 3.65. The summed E-state index contributed by atoms with van der Waals surface area (Å²) in [4.78, 5) is 37.4. The number of nitrogens with zero attached hydrogens (tertiary/aromatic N) is 1. The van der Waals surface area contributed by atoms with Crippen LogP contribution < -0.4 is 10.2 Å². The van der Waals surface area contributed by atoms with Crippen LogP contribution in [0.25, 0.3) is 10.8 Å². The van der Waals surface area contributed by atoms with E-state index in [1.54, 1.807) is 18.2 Å². The van der Waals surface area contributed by atoms with Crippen LogP contribution in [-0.2, 0) is 9.59 Å². The van der Waals surface area contributed by atoms with Crippen molar-refractivity contribution in [3.8, 4) is 0 Å². The SMILES string of the molecule is O=C1CC(=O)N(c2ccc(C(=O)O)cc2)c2ccc3ccccc3c2N1. The van der Waals surface area contributed by atoms with Crippen LogP contribution in [0.1, 0.15) is 16.8 Å². The normalized spacial score (nSPS) is 13.9. The topological polar surface area (TPSA) is 86.7 Å². The van der Waals surface area contributed by atoms with Gasteiger partial charge >= 0.3 is 5.97 Å². The van der Waals surface area contributed by atoms with E-state index in [2.05, 4.69) is 5.32 Å². The third-order valence-corrected chi connectivity index (χ3v) is 4.35. The van der Waals surface area contributed by atoms with Gasteiger partial charge in [0, 0.05) is 11.1 Å². The molecule has 4 rings (SSSR count). The van der Waals surface area contributed by atoms with Crippen molar-refractivity contribution in [3.05, 3.63) is 66.2 Å². The molecule has 1 aliphatic rings. The summed E-state index contributed by atoms with van der Waals surface area (Å²) in [7, 11) is 0. The molecule has 2 amide bonds. The fourth-order valence-corrected chi connectivity index (χ4v) is 3.15. The van der Waals surface area contributed by atoms with Crippen LogP contribution in [-0.4, -0.2) is 22.9 Å². The number of anilines is 3. The monoisotopic (exact) mass is 346 g/mol. The van der Waals surface area contributed by atoms with E-state index < -0.39 is 5.97 Å². The van der Waals surface area contributed by atoms with Crippen molar-refractivity contribution in [1.82, 2.24) is 0 Å². The van der Waals surface area contributed by atoms with Crippen LogP contribution in [0.5, 0.6) is 0 Å². The number of nitrogens with one attached hydrogen (secondary N) is 1. The summed E-state index contributed by atoms with van der Waals surface area (Å²) in [5.41, 5.74) is 1.76. The van der Waals surface area contributed by atoms with Crippen LogP contribution in [0.4, 0.5) is 17.1 Å². The van der Waals surface area contributed by atoms with Gasteiger partial charge in [0.1, 0.15) is 6.42 Å². The maximum absolute atomic E-state index is 12.7. The van der Waals surface area contributed by atoms with E-state index in [1.165, 1.54) is 17.0 Å². The van der Waals surface area contributed by atoms with E-state index >= 15 is 0 Å². The zero-order valence-electron chi connectivity index (χ0n) is 13.6. The molecular formula is C20H14N2O4. The molecule has 0 aromatic heterocycles. The number of carbonyl (C=O) groups is 3. The molecule has 1 heterocycles. The van der Waals surface area contributed by atoms with E-state index in [1.807, 2.05) is 30.3 Å². The first-order valence-corrected chi connectivity index (χ1v) is 8.02. The highest BCUT2D eigenvalue weighted by Crippen LogP contribution is 2.39. The van der Waals surface area contributed by atoms with Crippen molar-refractivity contribution in [2.24, 2.45) is 0 Å². The van der Waals surface area contributed by atoms with Crippen molar-refractivity contribution in [1.29, 1.82) is 0 Å². The summed E-state index contributed by atoms with van der Waals surface area (Å²) in [5.74, 6) is -1.79. The summed E-state index contributed by atoms with van der Waals surface area (Å²) in [6.45, 7) is 0. The molecule has 2 N–H and O–H groups in total. The lowest BCUT2D eigenvalue weighted by molar-refractivity contribution is -0.124. The van der Waals surface area contributed by atoms with Crippen LogP contribution in [0.15, 0.2) is 60.7 Å². The molecule has 0 atom stereocenters. The van der Waals surface area contributed by atoms with Gasteiger partial charge in [-0.1, -0.05) is 30.3 Å². The van der Waals surface area contributed by atoms with Gasteiger partial charge in [0.05, 0.1) is 16.9 Å². The lowest BCUT2D eigenvalue weighted by Gasteiger charge is -2.23. The average Bonchev–Trinajstić information content (AvgIpc) is 2.76. The highest BCUT2D eigenvalue weighted by Gasteiger charge is 2.28. The highest BCUT2D eigenvalue weighted by molar-refractivity contribution is 6.21. The third-order valence-electron chi connectivity index (χ3n) is 4.35. The number of fused-ring (bicyclic) bond motifs is 3. The number of carboxylic acids is 1. The quantitative estimate of drug-likeness (QED) is 0.695. The molecule has 0 saturated heterocycles. The largest absolute Gasteiger partial charge is 0.478 e. The maximum Gasteiger partial charge on any atom is 0.335 e. The van der Waals surface area contributed by atoms with Crippen LogP contribution in [0, 0.1) is 0 Å². The Morgan fingerprint density at radius 1 is 0.962 bits per heavy atom. The first kappa shape index (κ1) is 15.8. The molecule has 3 aromatic rings. The van der Waals surface area contributed by atoms with Gasteiger partial charge < -0.3 is 10.4 Å². The van der Waals surface area contributed by atoms with Gasteiger partial charge in [0.2, 0.25) is 11.8 Å². The second-order valence-electron chi connectivity index (χ2n) is 5.99. The number of rotatable bonds is 2. The van der Waals surface area contributed by atoms with Crippen molar-refractivity contribution in [2.75, 3.05) is 10.2 Å². The summed E-state index contributed by atoms with van der Waals surface area (Å²) < 4.78 is 0. The molecule has 26 heavy (non-hydrogen) atoms. The van der Waals surface area contributed by atoms with Crippen molar-refractivity contribution >= 4 is 45.6 Å². The van der Waals surface area contributed by atoms with Crippen LogP contribution in [0.2, 0.25) is 0 Å². The minimum Gasteiger partial charge on any atom is -0.478 e. The van der Waals surface area contributed by atoms with E-state index in [9.17, 15) is 14.4 Å². The second-order valence-corrected chi connectivity index (χ2v) is 5.99. The predicted octanol–water partition coefficient (Wildman–Crippen LogP) is 3.54. The minimum atomic E-state index is -1.04. The van der Waals surface area contributed by atoms with Gasteiger partial charge in [-0.25, -0.2) is 4.79 Å². The zero-order chi connectivity index (χ0) is 18.3. The number of hydrogen-bond donors (Lipinski definition) is 2. The average molecular weight is 346 g/mol. The molecule has 0 fully saturated rings. The fraction of sp³-hybridized carbons (Fsp3) is 0.0500. The Balaban J connectivity index is 1.92. The van der Waals surface area contributed by atoms with Crippen molar-refractivity contribution in [3.63, 3.8) is 0 Å². The molecule has 1 aliphatic heterocycles. The van der Waals surface area contributed by atoms with E-state index in [0.29, 0.717) is 17.1 Å². The molecule has 0 unspecified atom stereocenters. The van der Waals surface area contributed by atoms with Gasteiger partial charge in [-0.05, 0) is 35.7 Å². The number of amides is 2. The van der Waals surface area contributed by atoms with Crippen LogP contribution in [0.3, 0.4) is 0 Å². The Bertz CT molecular complexity index is 1060. The zero-order valence-corrected chi connectivity index (χ0v) is 13.6. The molecule has 0 bridgehead atoms. The minimum absolute atomic E-state index is 0.129. The Hall–Kier alpha value is -3.67. The van der Waals surface area contributed by atoms with Crippen molar-refractivity contribution < 1.29 is 19.5 Å². The van der Waals surface area contributed by atoms with Gasteiger partial charge in [0.25, 0.3) is 0 Å².